The van der Waals surface area contributed by atoms with Crippen LogP contribution >= 0.6 is 0 Å². The van der Waals surface area contributed by atoms with E-state index in [0.717, 1.165) is 22.1 Å². The van der Waals surface area contributed by atoms with Crippen molar-refractivity contribution in [1.29, 1.82) is 0 Å². The van der Waals surface area contributed by atoms with Gasteiger partial charge in [-0.25, -0.2) is 4.79 Å². The molecule has 0 aliphatic rings. The highest BCUT2D eigenvalue weighted by Gasteiger charge is 2.06. The zero-order chi connectivity index (χ0) is 13.8. The van der Waals surface area contributed by atoms with E-state index in [1.54, 1.807) is 12.1 Å². The zero-order valence-electron chi connectivity index (χ0n) is 11.0. The van der Waals surface area contributed by atoms with Gasteiger partial charge in [0, 0.05) is 0 Å². The molecule has 0 fully saturated rings. The van der Waals surface area contributed by atoms with E-state index in [0.29, 0.717) is 5.56 Å². The molecular formula is C15H13B2O2. The molecule has 3 radical (unpaired) electrons. The average Bonchev–Trinajstić information content (AvgIpc) is 2.46. The van der Waals surface area contributed by atoms with Crippen molar-refractivity contribution in [3.63, 3.8) is 0 Å². The van der Waals surface area contributed by atoms with Crippen LogP contribution in [0.15, 0.2) is 42.5 Å². The molecule has 0 aromatic heterocycles. The lowest BCUT2D eigenvalue weighted by Crippen LogP contribution is -2.18. The lowest BCUT2D eigenvalue weighted by Gasteiger charge is -2.07. The van der Waals surface area contributed by atoms with Gasteiger partial charge in [0.1, 0.15) is 15.1 Å². The molecule has 0 bridgehead atoms. The van der Waals surface area contributed by atoms with E-state index in [9.17, 15) is 4.79 Å². The minimum absolute atomic E-state index is 0.332. The summed E-state index contributed by atoms with van der Waals surface area (Å²) in [5, 5.41) is 0. The highest BCUT2D eigenvalue weighted by molar-refractivity contribution is 6.53. The van der Waals surface area contributed by atoms with Gasteiger partial charge in [0.25, 0.3) is 0 Å². The Kier molecular flexibility index (Phi) is 4.10. The molecule has 4 heteroatoms. The normalized spacial score (nSPS) is 10.0. The van der Waals surface area contributed by atoms with Crippen LogP contribution in [0.4, 0.5) is 0 Å². The van der Waals surface area contributed by atoms with Gasteiger partial charge < -0.3 is 4.74 Å². The van der Waals surface area contributed by atoms with E-state index < -0.39 is 0 Å². The Morgan fingerprint density at radius 2 is 1.79 bits per heavy atom. The number of esters is 1. The van der Waals surface area contributed by atoms with Crippen LogP contribution < -0.4 is 10.9 Å². The number of benzene rings is 2. The second-order valence-corrected chi connectivity index (χ2v) is 4.25. The molecule has 2 aromatic rings. The number of ether oxygens (including phenoxy) is 1. The van der Waals surface area contributed by atoms with E-state index in [1.807, 2.05) is 38.4 Å². The molecule has 0 heterocycles. The summed E-state index contributed by atoms with van der Waals surface area (Å²) in [6, 6.07) is 13.2. The van der Waals surface area contributed by atoms with Crippen molar-refractivity contribution < 1.29 is 9.53 Å². The Bertz CT molecular complexity index is 592. The molecule has 0 amide bonds. The summed E-state index contributed by atoms with van der Waals surface area (Å²) >= 11 is 0. The molecule has 0 spiro atoms. The highest BCUT2D eigenvalue weighted by atomic mass is 16.5. The summed E-state index contributed by atoms with van der Waals surface area (Å²) in [7, 11) is 9.25. The van der Waals surface area contributed by atoms with Gasteiger partial charge in [0.2, 0.25) is 0 Å². The summed E-state index contributed by atoms with van der Waals surface area (Å²) in [6.07, 6.45) is 0. The molecule has 0 atom stereocenters. The molecule has 91 valence electrons. The Hall–Kier alpha value is -1.96. The number of carbonyl (C=O) groups excluding carboxylic acids is 1. The van der Waals surface area contributed by atoms with E-state index >= 15 is 0 Å². The molecule has 0 saturated heterocycles. The molecule has 0 aliphatic heterocycles. The first-order valence-corrected chi connectivity index (χ1v) is 6.02. The van der Waals surface area contributed by atoms with E-state index in [1.165, 1.54) is 7.11 Å². The van der Waals surface area contributed by atoms with Crippen molar-refractivity contribution >= 4 is 32.0 Å². The van der Waals surface area contributed by atoms with Gasteiger partial charge in [0.05, 0.1) is 12.7 Å². The zero-order valence-corrected chi connectivity index (χ0v) is 11.0. The smallest absolute Gasteiger partial charge is 0.337 e. The lowest BCUT2D eigenvalue weighted by molar-refractivity contribution is 0.0601. The second kappa shape index (κ2) is 5.79. The van der Waals surface area contributed by atoms with Crippen LogP contribution in [-0.4, -0.2) is 28.2 Å². The molecule has 0 saturated carbocycles. The number of hydrogen-bond acceptors (Lipinski definition) is 2. The van der Waals surface area contributed by atoms with Gasteiger partial charge >= 0.3 is 5.97 Å². The largest absolute Gasteiger partial charge is 0.465 e. The van der Waals surface area contributed by atoms with Crippen molar-refractivity contribution in [1.82, 2.24) is 0 Å². The molecule has 0 aliphatic carbocycles. The maximum Gasteiger partial charge on any atom is 0.337 e. The van der Waals surface area contributed by atoms with E-state index in [2.05, 4.69) is 10.8 Å². The van der Waals surface area contributed by atoms with Gasteiger partial charge in [-0.3, -0.25) is 0 Å². The van der Waals surface area contributed by atoms with Crippen LogP contribution in [0.5, 0.6) is 0 Å². The Labute approximate surface area is 115 Å². The second-order valence-electron chi connectivity index (χ2n) is 4.25. The lowest BCUT2D eigenvalue weighted by atomic mass is 9.70. The maximum absolute atomic E-state index is 11.4. The molecule has 2 aromatic carbocycles. The van der Waals surface area contributed by atoms with Crippen molar-refractivity contribution in [3.05, 3.63) is 48.0 Å². The summed E-state index contributed by atoms with van der Waals surface area (Å²) in [5.41, 5.74) is 4.39. The van der Waals surface area contributed by atoms with Crippen LogP contribution in [0, 0.1) is 0 Å². The van der Waals surface area contributed by atoms with E-state index in [4.69, 9.17) is 7.85 Å². The topological polar surface area (TPSA) is 26.3 Å². The van der Waals surface area contributed by atoms with Gasteiger partial charge in [-0.05, 0) is 23.3 Å². The van der Waals surface area contributed by atoms with Gasteiger partial charge in [-0.15, -0.1) is 0 Å². The number of hydrogen-bond donors (Lipinski definition) is 0. The van der Waals surface area contributed by atoms with Crippen LogP contribution in [-0.2, 0) is 4.74 Å². The number of methoxy groups -OCH3 is 1. The van der Waals surface area contributed by atoms with Crippen molar-refractivity contribution in [2.45, 2.75) is 6.82 Å². The first-order valence-electron chi connectivity index (χ1n) is 6.02. The fraction of sp³-hybridized carbons (Fsp3) is 0.133. The third kappa shape index (κ3) is 3.08. The third-order valence-corrected chi connectivity index (χ3v) is 2.95. The molecule has 0 unspecified atom stereocenters. The van der Waals surface area contributed by atoms with E-state index in [-0.39, 0.29) is 5.97 Å². The number of rotatable bonds is 3. The quantitative estimate of drug-likeness (QED) is 0.603. The molecule has 2 rings (SSSR count). The molecule has 19 heavy (non-hydrogen) atoms. The minimum atomic E-state index is -0.332. The molecule has 2 nitrogen and oxygen atoms in total. The fourth-order valence-corrected chi connectivity index (χ4v) is 1.93. The monoisotopic (exact) mass is 247 g/mol. The predicted octanol–water partition coefficient (Wildman–Crippen LogP) is 1.31. The van der Waals surface area contributed by atoms with Crippen LogP contribution in [0.3, 0.4) is 0 Å². The SMILES string of the molecule is [B]c1cc([B]C)cc(-c2ccc(C(=O)OC)cc2)c1. The van der Waals surface area contributed by atoms with Crippen LogP contribution in [0.2, 0.25) is 6.82 Å². The van der Waals surface area contributed by atoms with Gasteiger partial charge in [0.15, 0.2) is 0 Å². The fourth-order valence-electron chi connectivity index (χ4n) is 1.93. The van der Waals surface area contributed by atoms with Crippen molar-refractivity contribution in [3.8, 4) is 11.1 Å². The molecular weight excluding hydrogens is 234 g/mol. The Balaban J connectivity index is 2.37. The van der Waals surface area contributed by atoms with Crippen molar-refractivity contribution in [2.24, 2.45) is 0 Å². The summed E-state index contributed by atoms with van der Waals surface area (Å²) in [6.45, 7) is 1.97. The minimum Gasteiger partial charge on any atom is -0.465 e. The van der Waals surface area contributed by atoms with Crippen molar-refractivity contribution in [2.75, 3.05) is 7.11 Å². The standard InChI is InChI=1S/C15H13B2O2/c1-17-14-8-12(7-13(16)9-14)10-3-5-11(6-4-10)15(18)19-2/h3-9H,1-2H3. The van der Waals surface area contributed by atoms with Crippen LogP contribution in [0.25, 0.3) is 11.1 Å². The van der Waals surface area contributed by atoms with Gasteiger partial charge in [-0.2, -0.15) is 0 Å². The summed E-state index contributed by atoms with van der Waals surface area (Å²) < 4.78 is 4.67. The number of carbonyl (C=O) groups is 1. The highest BCUT2D eigenvalue weighted by Crippen LogP contribution is 2.18. The van der Waals surface area contributed by atoms with Crippen LogP contribution in [0.1, 0.15) is 10.4 Å². The Morgan fingerprint density at radius 1 is 1.11 bits per heavy atom. The summed E-state index contributed by atoms with van der Waals surface area (Å²) in [5.74, 6) is -0.332. The first kappa shape index (κ1) is 13.5. The predicted molar refractivity (Wildman–Crippen MR) is 79.9 cm³/mol. The maximum atomic E-state index is 11.4. The first-order chi connectivity index (χ1) is 9.13. The summed E-state index contributed by atoms with van der Waals surface area (Å²) in [4.78, 5) is 11.4. The Morgan fingerprint density at radius 3 is 2.37 bits per heavy atom. The molecule has 0 N–H and O–H groups in total. The third-order valence-electron chi connectivity index (χ3n) is 2.95. The average molecular weight is 247 g/mol. The van der Waals surface area contributed by atoms with Gasteiger partial charge in [-0.1, -0.05) is 48.1 Å².